The Hall–Kier alpha value is -4.76. The molecule has 4 nitrogen and oxygen atoms in total. The molecule has 0 saturated carbocycles. The number of aromatic amines is 2. The summed E-state index contributed by atoms with van der Waals surface area (Å²) >= 11 is 33.5. The van der Waals surface area contributed by atoms with E-state index < -0.39 is 0 Å². The Kier molecular flexibility index (Phi) is 12.1. The van der Waals surface area contributed by atoms with Crippen LogP contribution in [0.4, 0.5) is 0 Å². The Morgan fingerprint density at radius 2 is 0.458 bits per heavy atom. The molecule has 3 aromatic heterocycles. The molecular weight excluding hydrogens is 1420 g/mol. The predicted octanol–water partition coefficient (Wildman–Crippen LogP) is 21.9. The minimum atomic E-state index is 0.744. The molecule has 0 atom stereocenters. The molecular formula is C60H30Br8N4. The fourth-order valence-electron chi connectivity index (χ4n) is 10.4. The zero-order valence-corrected chi connectivity index (χ0v) is 49.8. The first-order valence-electron chi connectivity index (χ1n) is 22.7. The van der Waals surface area contributed by atoms with E-state index in [1.165, 1.54) is 0 Å². The van der Waals surface area contributed by atoms with Gasteiger partial charge in [-0.15, -0.1) is 0 Å². The van der Waals surface area contributed by atoms with Crippen LogP contribution in [0.1, 0.15) is 22.8 Å². The molecule has 72 heavy (non-hydrogen) atoms. The Bertz CT molecular complexity index is 3880. The van der Waals surface area contributed by atoms with E-state index in [0.717, 1.165) is 168 Å². The van der Waals surface area contributed by atoms with Gasteiger partial charge in [0.1, 0.15) is 0 Å². The third-order valence-electron chi connectivity index (χ3n) is 13.6. The van der Waals surface area contributed by atoms with Crippen molar-refractivity contribution in [1.82, 2.24) is 19.9 Å². The lowest BCUT2D eigenvalue weighted by Crippen LogP contribution is -1.92. The summed E-state index contributed by atoms with van der Waals surface area (Å²) in [6.45, 7) is 0. The molecule has 2 aliphatic heterocycles. The normalized spacial score (nSPS) is 12.9. The summed E-state index contributed by atoms with van der Waals surface area (Å²) in [5.74, 6) is 0. The summed E-state index contributed by atoms with van der Waals surface area (Å²) in [7, 11) is 0. The van der Waals surface area contributed by atoms with Gasteiger partial charge in [-0.05, 0) is 193 Å². The predicted molar refractivity (Wildman–Crippen MR) is 333 cm³/mol. The second kappa shape index (κ2) is 18.6. The number of nitrogens with zero attached hydrogens (tertiary/aromatic N) is 2. The number of rotatable bonds is 4. The Balaban J connectivity index is 1.35. The smallest absolute Gasteiger partial charge is 0.0891 e. The third kappa shape index (κ3) is 7.36. The van der Waals surface area contributed by atoms with Crippen molar-refractivity contribution in [2.45, 2.75) is 0 Å². The maximum atomic E-state index is 5.83. The minimum absolute atomic E-state index is 0.744. The van der Waals surface area contributed by atoms with E-state index in [9.17, 15) is 0 Å². The average molecular weight is 1450 g/mol. The van der Waals surface area contributed by atoms with Crippen molar-refractivity contribution in [3.8, 4) is 44.5 Å². The third-order valence-corrected chi connectivity index (χ3v) is 22.0. The van der Waals surface area contributed by atoms with E-state index >= 15 is 0 Å². The number of nitrogens with one attached hydrogen (secondary N) is 2. The van der Waals surface area contributed by atoms with E-state index in [1.807, 2.05) is 0 Å². The topological polar surface area (TPSA) is 57.4 Å². The highest BCUT2D eigenvalue weighted by molar-refractivity contribution is 9.18. The monoisotopic (exact) mass is 1440 g/mol. The molecule has 11 aromatic rings. The lowest BCUT2D eigenvalue weighted by molar-refractivity contribution is 1.31. The Morgan fingerprint density at radius 1 is 0.250 bits per heavy atom. The van der Waals surface area contributed by atoms with Crippen LogP contribution in [0.25, 0.3) is 128 Å². The Labute approximate surface area is 480 Å². The molecule has 2 N–H and O–H groups in total. The van der Waals surface area contributed by atoms with Crippen molar-refractivity contribution in [1.29, 1.82) is 0 Å². The molecule has 0 saturated heterocycles. The van der Waals surface area contributed by atoms with Gasteiger partial charge in [0.2, 0.25) is 0 Å². The van der Waals surface area contributed by atoms with E-state index in [-0.39, 0.29) is 0 Å². The molecule has 0 amide bonds. The molecule has 13 rings (SSSR count). The average Bonchev–Trinajstić information content (AvgIpc) is 4.07. The summed E-state index contributed by atoms with van der Waals surface area (Å²) < 4.78 is 6.54. The number of hydrogen-bond acceptors (Lipinski definition) is 2. The summed E-state index contributed by atoms with van der Waals surface area (Å²) in [5.41, 5.74) is 13.9. The van der Waals surface area contributed by atoms with Gasteiger partial charge in [0.05, 0.1) is 80.7 Å². The molecule has 12 heteroatoms. The minimum Gasteiger partial charge on any atom is -0.352 e. The standard InChI is InChI=1S/C60H30Br8N4/c61-45-47(63)55-42(38-26-10-18-30-14-2-6-22-34(30)38)57-49(65)51(67)59(71-57)44(40-28-12-20-32-16-4-8-24-36(32)40)60-52(68)50(66)58(72-60)43(39-27-11-19-31-15-3-7-23-35(31)39)56-48(64)46(62)54(70-56)41(53(45)69-55)37-25-9-17-29-13-1-5-21-33(29)37/h1-28,69,72H. The Morgan fingerprint density at radius 3 is 0.694 bits per heavy atom. The van der Waals surface area contributed by atoms with Gasteiger partial charge < -0.3 is 9.97 Å². The van der Waals surface area contributed by atoms with Gasteiger partial charge in [0, 0.05) is 22.3 Å². The number of fused-ring (bicyclic) bond motifs is 12. The van der Waals surface area contributed by atoms with Crippen LogP contribution in [-0.4, -0.2) is 19.9 Å². The zero-order chi connectivity index (χ0) is 49.1. The number of hydrogen-bond donors (Lipinski definition) is 2. The number of halogens is 8. The first-order valence-corrected chi connectivity index (χ1v) is 29.0. The maximum Gasteiger partial charge on any atom is 0.0891 e. The molecule has 8 aromatic carbocycles. The molecule has 8 bridgehead atoms. The summed E-state index contributed by atoms with van der Waals surface area (Å²) in [5, 5.41) is 8.77. The fraction of sp³-hybridized carbons (Fsp3) is 0. The first kappa shape index (κ1) is 47.0. The van der Waals surface area contributed by atoms with Gasteiger partial charge in [0.15, 0.2) is 0 Å². The van der Waals surface area contributed by atoms with E-state index in [1.54, 1.807) is 0 Å². The molecule has 0 spiro atoms. The van der Waals surface area contributed by atoms with Crippen LogP contribution in [0.2, 0.25) is 0 Å². The summed E-state index contributed by atoms with van der Waals surface area (Å²) in [6, 6.07) is 59.9. The highest BCUT2D eigenvalue weighted by atomic mass is 79.9. The lowest BCUT2D eigenvalue weighted by Gasteiger charge is -2.11. The van der Waals surface area contributed by atoms with Crippen LogP contribution in [-0.2, 0) is 0 Å². The number of aromatic nitrogens is 4. The van der Waals surface area contributed by atoms with Crippen molar-refractivity contribution >= 4 is 211 Å². The zero-order valence-electron chi connectivity index (χ0n) is 37.1. The molecule has 0 fully saturated rings. The van der Waals surface area contributed by atoms with Crippen molar-refractivity contribution in [2.24, 2.45) is 0 Å². The first-order chi connectivity index (χ1) is 35.1. The highest BCUT2D eigenvalue weighted by Crippen LogP contribution is 2.55. The highest BCUT2D eigenvalue weighted by Gasteiger charge is 2.32. The quantitative estimate of drug-likeness (QED) is 0.184. The van der Waals surface area contributed by atoms with E-state index in [2.05, 4.69) is 307 Å². The van der Waals surface area contributed by atoms with Gasteiger partial charge in [-0.1, -0.05) is 170 Å². The van der Waals surface area contributed by atoms with Gasteiger partial charge >= 0.3 is 0 Å². The van der Waals surface area contributed by atoms with Crippen LogP contribution in [0.5, 0.6) is 0 Å². The van der Waals surface area contributed by atoms with Crippen molar-refractivity contribution < 1.29 is 0 Å². The van der Waals surface area contributed by atoms with Crippen molar-refractivity contribution in [3.63, 3.8) is 0 Å². The van der Waals surface area contributed by atoms with Gasteiger partial charge in [-0.25, -0.2) is 9.97 Å². The second-order valence-electron chi connectivity index (χ2n) is 17.5. The molecule has 2 aliphatic rings. The van der Waals surface area contributed by atoms with Crippen LogP contribution in [0.3, 0.4) is 0 Å². The summed E-state index contributed by atoms with van der Waals surface area (Å²) in [6.07, 6.45) is 0. The molecule has 0 radical (unpaired) electrons. The van der Waals surface area contributed by atoms with E-state index in [4.69, 9.17) is 9.97 Å². The second-order valence-corrected chi connectivity index (χ2v) is 23.8. The number of H-pyrrole nitrogens is 2. The van der Waals surface area contributed by atoms with Crippen LogP contribution < -0.4 is 0 Å². The van der Waals surface area contributed by atoms with Crippen molar-refractivity contribution in [3.05, 3.63) is 211 Å². The SMILES string of the molecule is BrC1=C(Br)c2nc1c(-c1cccc3ccccc13)c1[nH]c(c(Br)c1Br)c(-c1cccc3ccccc13)c1nc(c(-c3cccc4ccccc34)c3[nH]c(c(Br)c3Br)c2-c2cccc3ccccc23)C(Br)=C1Br. The van der Waals surface area contributed by atoms with Gasteiger partial charge in [-0.3, -0.25) is 0 Å². The fourth-order valence-corrected chi connectivity index (χ4v) is 14.3. The van der Waals surface area contributed by atoms with Crippen LogP contribution in [0, 0.1) is 0 Å². The molecule has 346 valence electrons. The molecule has 0 unspecified atom stereocenters. The lowest BCUT2D eigenvalue weighted by atomic mass is 9.97. The van der Waals surface area contributed by atoms with Crippen molar-refractivity contribution in [2.75, 3.05) is 0 Å². The molecule has 5 heterocycles. The molecule has 0 aliphatic carbocycles. The number of benzene rings is 8. The van der Waals surface area contributed by atoms with E-state index in [0.29, 0.717) is 0 Å². The van der Waals surface area contributed by atoms with Gasteiger partial charge in [0.25, 0.3) is 0 Å². The summed E-state index contributed by atoms with van der Waals surface area (Å²) in [4.78, 5) is 19.8. The van der Waals surface area contributed by atoms with Crippen LogP contribution >= 0.6 is 127 Å². The largest absolute Gasteiger partial charge is 0.352 e. The van der Waals surface area contributed by atoms with Crippen LogP contribution in [0.15, 0.2) is 188 Å². The van der Waals surface area contributed by atoms with Gasteiger partial charge in [-0.2, -0.15) is 0 Å². The maximum absolute atomic E-state index is 5.83.